The molecular formula is C72H72N10O15. The number of hydrogen-bond donors (Lipinski definition) is 0. The maximum atomic E-state index is 12.6. The maximum Gasteiger partial charge on any atom is 0.193 e. The third-order valence-electron chi connectivity index (χ3n) is 15.2. The van der Waals surface area contributed by atoms with E-state index in [1.165, 1.54) is 18.2 Å². The summed E-state index contributed by atoms with van der Waals surface area (Å²) in [5.74, 6) is 3.50. The predicted molar refractivity (Wildman–Crippen MR) is 358 cm³/mol. The van der Waals surface area contributed by atoms with Crippen molar-refractivity contribution in [3.8, 4) is 51.2 Å². The second-order valence-electron chi connectivity index (χ2n) is 22.3. The van der Waals surface area contributed by atoms with Crippen molar-refractivity contribution in [2.24, 2.45) is 0 Å². The van der Waals surface area contributed by atoms with Gasteiger partial charge in [-0.25, -0.2) is 14.0 Å². The second kappa shape index (κ2) is 34.2. The number of para-hydroxylation sites is 3. The Kier molecular flexibility index (Phi) is 23.5. The highest BCUT2D eigenvalue weighted by molar-refractivity contribution is 5.80. The first kappa shape index (κ1) is 66.5. The van der Waals surface area contributed by atoms with Gasteiger partial charge in [0.25, 0.3) is 0 Å². The van der Waals surface area contributed by atoms with Gasteiger partial charge in [0, 0.05) is 73.1 Å². The highest BCUT2D eigenvalue weighted by Gasteiger charge is 2.17. The van der Waals surface area contributed by atoms with Crippen LogP contribution in [-0.4, -0.2) is 149 Å². The lowest BCUT2D eigenvalue weighted by Crippen LogP contribution is -2.23. The van der Waals surface area contributed by atoms with Gasteiger partial charge in [-0.2, -0.15) is 0 Å². The van der Waals surface area contributed by atoms with E-state index in [0.717, 1.165) is 33.8 Å². The zero-order chi connectivity index (χ0) is 66.2. The summed E-state index contributed by atoms with van der Waals surface area (Å²) < 4.78 is 75.5. The van der Waals surface area contributed by atoms with Gasteiger partial charge in [-0.05, 0) is 109 Å². The summed E-state index contributed by atoms with van der Waals surface area (Å²) in [7, 11) is 0. The molecule has 0 spiro atoms. The van der Waals surface area contributed by atoms with Crippen LogP contribution in [0.2, 0.25) is 0 Å². The summed E-state index contributed by atoms with van der Waals surface area (Å²) in [5.41, 5.74) is 5.92. The van der Waals surface area contributed by atoms with E-state index in [0.29, 0.717) is 206 Å². The number of ether oxygens (including phenoxy) is 9. The van der Waals surface area contributed by atoms with Crippen molar-refractivity contribution >= 4 is 32.9 Å². The van der Waals surface area contributed by atoms with Crippen LogP contribution >= 0.6 is 0 Å². The van der Waals surface area contributed by atoms with E-state index < -0.39 is 0 Å². The lowest BCUT2D eigenvalue weighted by atomic mass is 10.1. The van der Waals surface area contributed by atoms with E-state index in [4.69, 9.17) is 55.9 Å². The van der Waals surface area contributed by atoms with E-state index in [1.807, 2.05) is 128 Å². The molecule has 0 unspecified atom stereocenters. The summed E-state index contributed by atoms with van der Waals surface area (Å²) in [4.78, 5) is 39.9. The van der Waals surface area contributed by atoms with Crippen molar-refractivity contribution in [2.75, 3.05) is 99.1 Å². The molecule has 0 saturated carbocycles. The minimum atomic E-state index is -0.0900. The van der Waals surface area contributed by atoms with Crippen LogP contribution < -0.4 is 30.5 Å². The van der Waals surface area contributed by atoms with Gasteiger partial charge in [0.05, 0.1) is 132 Å². The molecule has 97 heavy (non-hydrogen) atoms. The zero-order valence-electron chi connectivity index (χ0n) is 53.3. The number of nitrogens with zero attached hydrogens (tertiary/aromatic N) is 10. The van der Waals surface area contributed by atoms with Crippen LogP contribution in [0.4, 0.5) is 0 Å². The van der Waals surface area contributed by atoms with Crippen LogP contribution in [0.15, 0.2) is 210 Å². The standard InChI is InChI=1S/C72H72N10O15/c83-64-43-70(95-67-10-4-1-7-61(64)67)52-13-19-58(20-14-52)92-40-37-89-34-31-86-28-25-80-49-55(73-76-80)46-79(47-56-50-81(77-74-56)26-29-87-32-35-90-38-41-93-59-21-15-53(16-22-59)71-44-65(84)62-8-2-5-11-68(62)96-71)48-57-51-82(78-75-57)27-30-88-33-36-91-39-42-94-60-23-17-54(18-24-60)72-45-66(85)63-9-3-6-12-69(63)97-72/h1-24,43-45,49-51H,25-42,46-48H2. The number of fused-ring (bicyclic) bond motifs is 3. The molecule has 0 radical (unpaired) electrons. The topological polar surface area (TPSA) is 269 Å². The van der Waals surface area contributed by atoms with Gasteiger partial charge in [-0.3, -0.25) is 19.3 Å². The Labute approximate surface area is 556 Å². The van der Waals surface area contributed by atoms with Gasteiger partial charge in [0.1, 0.15) is 71.1 Å². The fourth-order valence-corrected chi connectivity index (χ4v) is 10.4. The normalized spacial score (nSPS) is 11.6. The first-order chi connectivity index (χ1) is 47.8. The van der Waals surface area contributed by atoms with Crippen LogP contribution in [-0.2, 0) is 67.7 Å². The molecule has 6 aromatic carbocycles. The first-order valence-electron chi connectivity index (χ1n) is 31.9. The van der Waals surface area contributed by atoms with Gasteiger partial charge in [0.2, 0.25) is 0 Å². The molecule has 12 aromatic rings. The van der Waals surface area contributed by atoms with E-state index in [9.17, 15) is 14.4 Å². The van der Waals surface area contributed by atoms with Crippen LogP contribution in [0, 0.1) is 0 Å². The van der Waals surface area contributed by atoms with E-state index in [-0.39, 0.29) is 16.3 Å². The van der Waals surface area contributed by atoms with E-state index >= 15 is 0 Å². The molecule has 0 fully saturated rings. The fraction of sp³-hybridized carbons (Fsp3) is 0.292. The molecule has 12 rings (SSSR count). The number of benzene rings is 6. The molecule has 25 heteroatoms. The lowest BCUT2D eigenvalue weighted by Gasteiger charge is -2.18. The molecule has 0 atom stereocenters. The molecule has 6 heterocycles. The molecule has 500 valence electrons. The van der Waals surface area contributed by atoms with E-state index in [2.05, 4.69) is 35.8 Å². The monoisotopic (exact) mass is 1320 g/mol. The lowest BCUT2D eigenvalue weighted by molar-refractivity contribution is 0.0333. The molecule has 0 aliphatic rings. The third kappa shape index (κ3) is 19.3. The minimum absolute atomic E-state index is 0.0900. The summed E-state index contributed by atoms with van der Waals surface area (Å²) in [5, 5.41) is 28.2. The van der Waals surface area contributed by atoms with Crippen LogP contribution in [0.5, 0.6) is 17.2 Å². The molecule has 0 saturated heterocycles. The minimum Gasteiger partial charge on any atom is -0.491 e. The molecule has 6 aromatic heterocycles. The summed E-state index contributed by atoms with van der Waals surface area (Å²) in [6.07, 6.45) is 5.69. The van der Waals surface area contributed by atoms with Gasteiger partial charge in [-0.15, -0.1) is 15.3 Å². The van der Waals surface area contributed by atoms with Crippen molar-refractivity contribution in [1.29, 1.82) is 0 Å². The summed E-state index contributed by atoms with van der Waals surface area (Å²) in [6.45, 7) is 8.55. The number of hydrogen-bond acceptors (Lipinski definition) is 22. The predicted octanol–water partition coefficient (Wildman–Crippen LogP) is 9.32. The smallest absolute Gasteiger partial charge is 0.193 e. The van der Waals surface area contributed by atoms with E-state index in [1.54, 1.807) is 50.4 Å². The van der Waals surface area contributed by atoms with Crippen LogP contribution in [0.1, 0.15) is 17.1 Å². The largest absolute Gasteiger partial charge is 0.491 e. The highest BCUT2D eigenvalue weighted by atomic mass is 16.6. The zero-order valence-corrected chi connectivity index (χ0v) is 53.3. The van der Waals surface area contributed by atoms with Crippen LogP contribution in [0.3, 0.4) is 0 Å². The average molecular weight is 1320 g/mol. The van der Waals surface area contributed by atoms with Gasteiger partial charge < -0.3 is 55.9 Å². The quantitative estimate of drug-likeness (QED) is 0.0325. The molecule has 0 bridgehead atoms. The second-order valence-corrected chi connectivity index (χ2v) is 22.3. The van der Waals surface area contributed by atoms with Crippen molar-refractivity contribution in [3.05, 3.63) is 230 Å². The third-order valence-corrected chi connectivity index (χ3v) is 15.2. The van der Waals surface area contributed by atoms with Crippen molar-refractivity contribution in [3.63, 3.8) is 0 Å². The van der Waals surface area contributed by atoms with Crippen molar-refractivity contribution in [2.45, 2.75) is 39.3 Å². The van der Waals surface area contributed by atoms with Crippen LogP contribution in [0.25, 0.3) is 66.9 Å². The summed E-state index contributed by atoms with van der Waals surface area (Å²) in [6, 6.07) is 48.2. The highest BCUT2D eigenvalue weighted by Crippen LogP contribution is 2.28. The molecule has 0 N–H and O–H groups in total. The Morgan fingerprint density at radius 3 is 0.887 bits per heavy atom. The number of rotatable bonds is 39. The average Bonchev–Trinajstić information content (AvgIpc) is 1.55. The number of aromatic nitrogens is 9. The Balaban J connectivity index is 0.546. The maximum absolute atomic E-state index is 12.6. The molecule has 25 nitrogen and oxygen atoms in total. The van der Waals surface area contributed by atoms with Gasteiger partial charge in [0.15, 0.2) is 16.3 Å². The van der Waals surface area contributed by atoms with Gasteiger partial charge >= 0.3 is 0 Å². The molecule has 0 aliphatic carbocycles. The SMILES string of the molecule is O=c1cc(-c2ccc(OCCOCCOCCn3cc(CN(Cc4cn(CCOCCOCCOc5ccc(-c6cc(=O)c7ccccc7o6)cc5)nn4)Cc4cn(CCOCCOCCOc5ccc(-c6cc(=O)c7ccccc7o6)cc5)nn4)nn3)cc2)oc2ccccc12. The van der Waals surface area contributed by atoms with Crippen molar-refractivity contribution in [1.82, 2.24) is 49.9 Å². The molecule has 0 aliphatic heterocycles. The first-order valence-corrected chi connectivity index (χ1v) is 31.9. The summed E-state index contributed by atoms with van der Waals surface area (Å²) >= 11 is 0. The Morgan fingerprint density at radius 1 is 0.320 bits per heavy atom. The Hall–Kier alpha value is -10.5. The Morgan fingerprint density at radius 2 is 0.588 bits per heavy atom. The van der Waals surface area contributed by atoms with Gasteiger partial charge in [-0.1, -0.05) is 52.0 Å². The van der Waals surface area contributed by atoms with Crippen molar-refractivity contribution < 1.29 is 55.9 Å². The fourth-order valence-electron chi connectivity index (χ4n) is 10.4. The Bertz CT molecular complexity index is 4160. The molecular weight excluding hydrogens is 1240 g/mol. The molecule has 0 amide bonds.